The largest absolute Gasteiger partial charge is 0.481 e. The summed E-state index contributed by atoms with van der Waals surface area (Å²) in [6.45, 7) is 6.62. The van der Waals surface area contributed by atoms with Gasteiger partial charge in [-0.2, -0.15) is 0 Å². The summed E-state index contributed by atoms with van der Waals surface area (Å²) in [6, 6.07) is 0. The van der Waals surface area contributed by atoms with Gasteiger partial charge in [-0.05, 0) is 0 Å². The van der Waals surface area contributed by atoms with Crippen LogP contribution in [0.1, 0.15) is 0 Å². The molecule has 0 aliphatic carbocycles. The van der Waals surface area contributed by atoms with Crippen molar-refractivity contribution < 1.29 is 9.47 Å². The lowest BCUT2D eigenvalue weighted by Crippen LogP contribution is -2.40. The number of nitrogens with zero attached hydrogens (tertiary/aromatic N) is 2. The topological polar surface area (TPSA) is 44.2 Å². The zero-order chi connectivity index (χ0) is 10.8. The summed E-state index contributed by atoms with van der Waals surface area (Å²) in [5, 5.41) is 1.03. The van der Waals surface area contributed by atoms with Crippen LogP contribution in [-0.4, -0.2) is 32.3 Å². The van der Waals surface area contributed by atoms with E-state index < -0.39 is 8.07 Å². The van der Waals surface area contributed by atoms with Gasteiger partial charge in [-0.1, -0.05) is 19.6 Å². The molecule has 14 heavy (non-hydrogen) atoms. The second-order valence-electron chi connectivity index (χ2n) is 4.02. The predicted molar refractivity (Wildman–Crippen MR) is 58.1 cm³/mol. The van der Waals surface area contributed by atoms with Crippen molar-refractivity contribution in [1.29, 1.82) is 0 Å². The molecule has 0 N–H and O–H groups in total. The van der Waals surface area contributed by atoms with Gasteiger partial charge in [0.25, 0.3) is 0 Å². The van der Waals surface area contributed by atoms with E-state index in [-0.39, 0.29) is 0 Å². The highest BCUT2D eigenvalue weighted by Gasteiger charge is 2.27. The van der Waals surface area contributed by atoms with Crippen LogP contribution >= 0.6 is 0 Å². The Labute approximate surface area is 85.3 Å². The molecule has 0 fully saturated rings. The third-order valence-corrected chi connectivity index (χ3v) is 3.84. The van der Waals surface area contributed by atoms with Crippen LogP contribution in [0.2, 0.25) is 19.6 Å². The standard InChI is InChI=1S/C9H16N2O2Si/c1-12-8-7(14(3,4)5)9(13-2)11-6-10-8/h6H,1-5H3. The van der Waals surface area contributed by atoms with Crippen molar-refractivity contribution in [3.63, 3.8) is 0 Å². The van der Waals surface area contributed by atoms with E-state index in [2.05, 4.69) is 29.6 Å². The van der Waals surface area contributed by atoms with Gasteiger partial charge in [-0.25, -0.2) is 9.97 Å². The normalized spacial score (nSPS) is 11.2. The Morgan fingerprint density at radius 1 is 1.00 bits per heavy atom. The van der Waals surface area contributed by atoms with Crippen LogP contribution in [0.25, 0.3) is 0 Å². The molecule has 0 amide bonds. The monoisotopic (exact) mass is 212 g/mol. The molecule has 0 saturated carbocycles. The van der Waals surface area contributed by atoms with Gasteiger partial charge in [0.1, 0.15) is 6.33 Å². The summed E-state index contributed by atoms with van der Waals surface area (Å²) in [5.74, 6) is 1.27. The third-order valence-electron chi connectivity index (χ3n) is 1.91. The molecule has 0 atom stereocenters. The lowest BCUT2D eigenvalue weighted by molar-refractivity contribution is 0.378. The first-order chi connectivity index (χ1) is 6.50. The Hall–Kier alpha value is -1.10. The fourth-order valence-electron chi connectivity index (χ4n) is 1.31. The number of methoxy groups -OCH3 is 2. The van der Waals surface area contributed by atoms with E-state index in [9.17, 15) is 0 Å². The van der Waals surface area contributed by atoms with E-state index in [1.165, 1.54) is 6.33 Å². The van der Waals surface area contributed by atoms with Gasteiger partial charge in [-0.3, -0.25) is 0 Å². The number of hydrogen-bond donors (Lipinski definition) is 0. The average Bonchev–Trinajstić information content (AvgIpc) is 2.15. The molecule has 0 aliphatic rings. The molecule has 1 aromatic heterocycles. The highest BCUT2D eigenvalue weighted by Crippen LogP contribution is 2.17. The molecule has 0 aromatic carbocycles. The van der Waals surface area contributed by atoms with E-state index >= 15 is 0 Å². The van der Waals surface area contributed by atoms with Crippen LogP contribution in [0.3, 0.4) is 0 Å². The van der Waals surface area contributed by atoms with Gasteiger partial charge >= 0.3 is 0 Å². The Morgan fingerprint density at radius 3 is 1.71 bits per heavy atom. The smallest absolute Gasteiger partial charge is 0.218 e. The van der Waals surface area contributed by atoms with Crippen LogP contribution in [0.5, 0.6) is 11.8 Å². The quantitative estimate of drug-likeness (QED) is 0.702. The first-order valence-electron chi connectivity index (χ1n) is 4.44. The first kappa shape index (κ1) is 11.0. The lowest BCUT2D eigenvalue weighted by Gasteiger charge is -2.20. The van der Waals surface area contributed by atoms with E-state index in [1.54, 1.807) is 14.2 Å². The van der Waals surface area contributed by atoms with Gasteiger partial charge < -0.3 is 9.47 Å². The molecule has 0 bridgehead atoms. The zero-order valence-electron chi connectivity index (χ0n) is 9.29. The van der Waals surface area contributed by atoms with Crippen molar-refractivity contribution in [3.8, 4) is 11.8 Å². The molecule has 0 spiro atoms. The summed E-state index contributed by atoms with van der Waals surface area (Å²) in [4.78, 5) is 8.19. The summed E-state index contributed by atoms with van der Waals surface area (Å²) in [5.41, 5.74) is 0. The third kappa shape index (κ3) is 2.04. The van der Waals surface area contributed by atoms with Crippen molar-refractivity contribution in [2.24, 2.45) is 0 Å². The van der Waals surface area contributed by atoms with E-state index in [1.807, 2.05) is 0 Å². The summed E-state index contributed by atoms with van der Waals surface area (Å²) in [7, 11) is 1.69. The molecular weight excluding hydrogens is 196 g/mol. The minimum Gasteiger partial charge on any atom is -0.481 e. The van der Waals surface area contributed by atoms with E-state index in [4.69, 9.17) is 9.47 Å². The Balaban J connectivity index is 3.34. The number of hydrogen-bond acceptors (Lipinski definition) is 4. The molecule has 4 nitrogen and oxygen atoms in total. The van der Waals surface area contributed by atoms with Crippen LogP contribution in [0.15, 0.2) is 6.33 Å². The Kier molecular flexibility index (Phi) is 3.10. The maximum Gasteiger partial charge on any atom is 0.218 e. The van der Waals surface area contributed by atoms with Gasteiger partial charge in [0, 0.05) is 0 Å². The molecule has 78 valence electrons. The van der Waals surface area contributed by atoms with Gasteiger partial charge in [0.2, 0.25) is 11.8 Å². The maximum atomic E-state index is 5.22. The number of aromatic nitrogens is 2. The fourth-order valence-corrected chi connectivity index (χ4v) is 2.92. The molecule has 0 radical (unpaired) electrons. The van der Waals surface area contributed by atoms with Crippen molar-refractivity contribution in [1.82, 2.24) is 9.97 Å². The molecule has 1 heterocycles. The van der Waals surface area contributed by atoms with E-state index in [0.717, 1.165) is 5.19 Å². The lowest BCUT2D eigenvalue weighted by atomic mass is 10.6. The second kappa shape index (κ2) is 3.96. The highest BCUT2D eigenvalue weighted by atomic mass is 28.3. The van der Waals surface area contributed by atoms with Gasteiger partial charge in [0.15, 0.2) is 0 Å². The first-order valence-corrected chi connectivity index (χ1v) is 7.94. The maximum absolute atomic E-state index is 5.22. The molecule has 1 rings (SSSR count). The number of ether oxygens (including phenoxy) is 2. The van der Waals surface area contributed by atoms with Crippen LogP contribution in [-0.2, 0) is 0 Å². The summed E-state index contributed by atoms with van der Waals surface area (Å²) < 4.78 is 10.4. The van der Waals surface area contributed by atoms with Crippen molar-refractivity contribution in [2.75, 3.05) is 14.2 Å². The van der Waals surface area contributed by atoms with Gasteiger partial charge in [0.05, 0.1) is 27.5 Å². The Bertz CT molecular complexity index is 301. The average molecular weight is 212 g/mol. The summed E-state index contributed by atoms with van der Waals surface area (Å²) in [6.07, 6.45) is 1.46. The van der Waals surface area contributed by atoms with Crippen molar-refractivity contribution >= 4 is 13.3 Å². The molecule has 1 aromatic rings. The van der Waals surface area contributed by atoms with Gasteiger partial charge in [-0.15, -0.1) is 0 Å². The van der Waals surface area contributed by atoms with Crippen LogP contribution < -0.4 is 14.7 Å². The zero-order valence-corrected chi connectivity index (χ0v) is 10.3. The molecule has 0 unspecified atom stereocenters. The van der Waals surface area contributed by atoms with Crippen molar-refractivity contribution in [3.05, 3.63) is 6.33 Å². The minimum absolute atomic E-state index is 0.635. The number of rotatable bonds is 3. The molecular formula is C9H16N2O2Si. The Morgan fingerprint density at radius 2 is 1.43 bits per heavy atom. The predicted octanol–water partition coefficient (Wildman–Crippen LogP) is 1.04. The van der Waals surface area contributed by atoms with Crippen molar-refractivity contribution in [2.45, 2.75) is 19.6 Å². The fraction of sp³-hybridized carbons (Fsp3) is 0.556. The molecule has 0 saturated heterocycles. The highest BCUT2D eigenvalue weighted by molar-refractivity contribution is 6.89. The summed E-state index contributed by atoms with van der Waals surface area (Å²) >= 11 is 0. The second-order valence-corrected chi connectivity index (χ2v) is 9.02. The van der Waals surface area contributed by atoms with Crippen LogP contribution in [0, 0.1) is 0 Å². The van der Waals surface area contributed by atoms with Crippen LogP contribution in [0.4, 0.5) is 0 Å². The molecule has 0 aliphatic heterocycles. The minimum atomic E-state index is -1.54. The van der Waals surface area contributed by atoms with E-state index in [0.29, 0.717) is 11.8 Å². The SMILES string of the molecule is COc1ncnc(OC)c1[Si](C)(C)C. The molecule has 5 heteroatoms.